The summed E-state index contributed by atoms with van der Waals surface area (Å²) < 4.78 is 1.11. The topological polar surface area (TPSA) is 39.1 Å². The minimum absolute atomic E-state index is 0.243. The second kappa shape index (κ2) is 4.11. The SMILES string of the molecule is CN1C(I)=C2C(Cl)=NC=CN2C1C1CC(C)(O)C1. The van der Waals surface area contributed by atoms with Crippen molar-refractivity contribution in [1.29, 1.82) is 0 Å². The molecule has 4 nitrogen and oxygen atoms in total. The van der Waals surface area contributed by atoms with Crippen molar-refractivity contribution in [2.75, 3.05) is 7.05 Å². The predicted octanol–water partition coefficient (Wildman–Crippen LogP) is 2.45. The zero-order valence-corrected chi connectivity index (χ0v) is 13.2. The van der Waals surface area contributed by atoms with E-state index >= 15 is 0 Å². The van der Waals surface area contributed by atoms with Crippen molar-refractivity contribution < 1.29 is 5.11 Å². The number of halogens is 2. The Morgan fingerprint density at radius 1 is 1.56 bits per heavy atom. The maximum absolute atomic E-state index is 9.92. The largest absolute Gasteiger partial charge is 0.390 e. The Morgan fingerprint density at radius 3 is 2.83 bits per heavy atom. The van der Waals surface area contributed by atoms with Crippen LogP contribution in [0.3, 0.4) is 0 Å². The number of nitrogens with zero attached hydrogens (tertiary/aromatic N) is 3. The first-order valence-electron chi connectivity index (χ1n) is 5.94. The average Bonchev–Trinajstić information content (AvgIpc) is 2.50. The molecule has 1 N–H and O–H groups in total. The molecule has 1 aliphatic carbocycles. The van der Waals surface area contributed by atoms with Gasteiger partial charge in [-0.3, -0.25) is 0 Å². The number of aliphatic hydroxyl groups is 1. The number of aliphatic imine (C=N–C) groups is 1. The molecule has 0 amide bonds. The predicted molar refractivity (Wildman–Crippen MR) is 80.2 cm³/mol. The summed E-state index contributed by atoms with van der Waals surface area (Å²) in [6, 6.07) is 0. The van der Waals surface area contributed by atoms with Gasteiger partial charge in [0.2, 0.25) is 0 Å². The summed E-state index contributed by atoms with van der Waals surface area (Å²) in [5.74, 6) is 0.458. The highest BCUT2D eigenvalue weighted by molar-refractivity contribution is 14.1. The monoisotopic (exact) mass is 379 g/mol. The lowest BCUT2D eigenvalue weighted by Crippen LogP contribution is -2.53. The number of fused-ring (bicyclic) bond motifs is 1. The lowest BCUT2D eigenvalue weighted by Gasteiger charge is -2.48. The number of hydrogen-bond acceptors (Lipinski definition) is 4. The Labute approximate surface area is 125 Å². The van der Waals surface area contributed by atoms with Crippen molar-refractivity contribution in [3.05, 3.63) is 21.8 Å². The smallest absolute Gasteiger partial charge is 0.155 e. The van der Waals surface area contributed by atoms with Crippen LogP contribution in [0, 0.1) is 5.92 Å². The second-order valence-electron chi connectivity index (χ2n) is 5.45. The standard InChI is InChI=1S/C12H15ClIN3O/c1-12(18)5-7(6-12)11-16(2)10(14)8-9(13)15-3-4-17(8)11/h3-4,7,11,18H,5-6H2,1-2H3. The highest BCUT2D eigenvalue weighted by Gasteiger charge is 2.49. The van der Waals surface area contributed by atoms with Crippen molar-refractivity contribution in [2.45, 2.75) is 31.5 Å². The van der Waals surface area contributed by atoms with E-state index in [0.29, 0.717) is 11.1 Å². The third kappa shape index (κ3) is 1.78. The molecule has 6 heteroatoms. The second-order valence-corrected chi connectivity index (χ2v) is 6.83. The Bertz CT molecular complexity index is 478. The Balaban J connectivity index is 1.88. The molecule has 2 aliphatic heterocycles. The molecule has 0 aromatic rings. The molecule has 18 heavy (non-hydrogen) atoms. The van der Waals surface area contributed by atoms with Gasteiger partial charge in [-0.15, -0.1) is 0 Å². The molecule has 1 atom stereocenters. The molecule has 98 valence electrons. The zero-order chi connectivity index (χ0) is 13.1. The van der Waals surface area contributed by atoms with Crippen molar-refractivity contribution in [2.24, 2.45) is 10.9 Å². The summed E-state index contributed by atoms with van der Waals surface area (Å²) >= 11 is 8.49. The molecular formula is C12H15ClIN3O. The van der Waals surface area contributed by atoms with Crippen LogP contribution in [0.5, 0.6) is 0 Å². The minimum atomic E-state index is -0.503. The Hall–Kier alpha value is -0.270. The van der Waals surface area contributed by atoms with Crippen LogP contribution >= 0.6 is 34.2 Å². The van der Waals surface area contributed by atoms with Gasteiger partial charge in [0.25, 0.3) is 0 Å². The van der Waals surface area contributed by atoms with Gasteiger partial charge in [-0.05, 0) is 42.4 Å². The maximum Gasteiger partial charge on any atom is 0.155 e. The normalized spacial score (nSPS) is 38.8. The molecule has 0 saturated heterocycles. The average molecular weight is 380 g/mol. The first-order chi connectivity index (χ1) is 8.41. The van der Waals surface area contributed by atoms with Crippen molar-refractivity contribution in [1.82, 2.24) is 9.80 Å². The van der Waals surface area contributed by atoms with E-state index in [0.717, 1.165) is 22.2 Å². The van der Waals surface area contributed by atoms with Gasteiger partial charge >= 0.3 is 0 Å². The van der Waals surface area contributed by atoms with E-state index in [9.17, 15) is 5.11 Å². The van der Waals surface area contributed by atoms with Gasteiger partial charge in [0.05, 0.1) is 5.60 Å². The quantitative estimate of drug-likeness (QED) is 0.562. The van der Waals surface area contributed by atoms with Gasteiger partial charge in [-0.25, -0.2) is 4.99 Å². The van der Waals surface area contributed by atoms with E-state index in [-0.39, 0.29) is 6.17 Å². The van der Waals surface area contributed by atoms with Crippen LogP contribution in [-0.2, 0) is 0 Å². The van der Waals surface area contributed by atoms with Crippen LogP contribution in [0.4, 0.5) is 0 Å². The van der Waals surface area contributed by atoms with Gasteiger partial charge in [-0.1, -0.05) is 11.6 Å². The van der Waals surface area contributed by atoms with Gasteiger partial charge in [0.1, 0.15) is 15.6 Å². The minimum Gasteiger partial charge on any atom is -0.390 e. The van der Waals surface area contributed by atoms with Crippen molar-refractivity contribution >= 4 is 39.4 Å². The first-order valence-corrected chi connectivity index (χ1v) is 7.40. The van der Waals surface area contributed by atoms with Crippen LogP contribution in [0.15, 0.2) is 26.8 Å². The molecule has 1 fully saturated rings. The van der Waals surface area contributed by atoms with Crippen LogP contribution in [0.1, 0.15) is 19.8 Å². The molecule has 3 aliphatic rings. The van der Waals surface area contributed by atoms with Crippen LogP contribution in [0.2, 0.25) is 0 Å². The van der Waals surface area contributed by atoms with Gasteiger partial charge in [0.15, 0.2) is 5.17 Å². The molecule has 0 aromatic heterocycles. The van der Waals surface area contributed by atoms with Crippen molar-refractivity contribution in [3.8, 4) is 0 Å². The van der Waals surface area contributed by atoms with Gasteiger partial charge in [0, 0.05) is 25.4 Å². The molecule has 0 spiro atoms. The third-order valence-corrected chi connectivity index (χ3v) is 5.43. The summed E-state index contributed by atoms with van der Waals surface area (Å²) in [7, 11) is 2.07. The van der Waals surface area contributed by atoms with Crippen molar-refractivity contribution in [3.63, 3.8) is 0 Å². The van der Waals surface area contributed by atoms with Gasteiger partial charge < -0.3 is 14.9 Å². The first kappa shape index (κ1) is 12.7. The fraction of sp³-hybridized carbons (Fsp3) is 0.583. The van der Waals surface area contributed by atoms with Crippen LogP contribution < -0.4 is 0 Å². The van der Waals surface area contributed by atoms with E-state index in [1.54, 1.807) is 6.20 Å². The Kier molecular flexibility index (Phi) is 2.91. The lowest BCUT2D eigenvalue weighted by atomic mass is 9.70. The molecule has 2 heterocycles. The molecule has 3 rings (SSSR count). The number of rotatable bonds is 1. The third-order valence-electron chi connectivity index (χ3n) is 3.88. The molecule has 1 unspecified atom stereocenters. The number of allylic oxidation sites excluding steroid dienone is 1. The highest BCUT2D eigenvalue weighted by atomic mass is 127. The fourth-order valence-corrected chi connectivity index (χ4v) is 4.34. The molecule has 0 aromatic carbocycles. The van der Waals surface area contributed by atoms with Crippen LogP contribution in [-0.4, -0.2) is 38.9 Å². The van der Waals surface area contributed by atoms with E-state index in [4.69, 9.17) is 11.6 Å². The summed E-state index contributed by atoms with van der Waals surface area (Å²) in [6.45, 7) is 1.90. The molecule has 1 saturated carbocycles. The number of hydrogen-bond donors (Lipinski definition) is 1. The van der Waals surface area contributed by atoms with Crippen LogP contribution in [0.25, 0.3) is 0 Å². The fourth-order valence-electron chi connectivity index (χ4n) is 3.12. The summed E-state index contributed by atoms with van der Waals surface area (Å²) in [6.07, 6.45) is 5.61. The van der Waals surface area contributed by atoms with E-state index in [1.165, 1.54) is 0 Å². The Morgan fingerprint density at radius 2 is 2.22 bits per heavy atom. The highest BCUT2D eigenvalue weighted by Crippen LogP contribution is 2.47. The molecule has 0 bridgehead atoms. The summed E-state index contributed by atoms with van der Waals surface area (Å²) in [5.41, 5.74) is 0.482. The van der Waals surface area contributed by atoms with Gasteiger partial charge in [-0.2, -0.15) is 0 Å². The maximum atomic E-state index is 9.92. The van der Waals surface area contributed by atoms with E-state index in [2.05, 4.69) is 44.4 Å². The lowest BCUT2D eigenvalue weighted by molar-refractivity contribution is -0.0921. The van der Waals surface area contributed by atoms with E-state index in [1.807, 2.05) is 13.1 Å². The molecule has 0 radical (unpaired) electrons. The summed E-state index contributed by atoms with van der Waals surface area (Å²) in [5, 5.41) is 10.5. The molecular weight excluding hydrogens is 365 g/mol. The van der Waals surface area contributed by atoms with E-state index < -0.39 is 5.60 Å². The zero-order valence-electron chi connectivity index (χ0n) is 10.3. The summed E-state index contributed by atoms with van der Waals surface area (Å²) in [4.78, 5) is 8.55.